The molecule has 170 valence electrons. The summed E-state index contributed by atoms with van der Waals surface area (Å²) in [5.74, 6) is 0.612. The minimum atomic E-state index is -0.0502. The second-order valence-electron chi connectivity index (χ2n) is 8.23. The van der Waals surface area contributed by atoms with Crippen LogP contribution in [0.4, 0.5) is 5.69 Å². The Morgan fingerprint density at radius 3 is 2.60 bits per heavy atom. The SMILES string of the molecule is CCC(=O)Nc1cncc(-c2ccc3[nH]nc(-c4nc5c(-c6ccccc6)cncc5[nH]4)c3c2)c1. The van der Waals surface area contributed by atoms with Gasteiger partial charge in [0, 0.05) is 35.3 Å². The lowest BCUT2D eigenvalue weighted by atomic mass is 10.0. The topological polar surface area (TPSA) is 112 Å². The number of fused-ring (bicyclic) bond motifs is 2. The molecule has 0 aliphatic rings. The first-order chi connectivity index (χ1) is 17.2. The van der Waals surface area contributed by atoms with E-state index in [1.54, 1.807) is 18.6 Å². The maximum atomic E-state index is 11.8. The Bertz CT molecular complexity index is 1680. The van der Waals surface area contributed by atoms with Gasteiger partial charge in [-0.05, 0) is 29.3 Å². The summed E-state index contributed by atoms with van der Waals surface area (Å²) in [6, 6.07) is 18.0. The van der Waals surface area contributed by atoms with Gasteiger partial charge in [0.1, 0.15) is 5.69 Å². The van der Waals surface area contributed by atoms with Crippen LogP contribution in [-0.4, -0.2) is 36.0 Å². The van der Waals surface area contributed by atoms with Crippen molar-refractivity contribution in [3.05, 3.63) is 79.4 Å². The number of hydrogen-bond acceptors (Lipinski definition) is 5. The van der Waals surface area contributed by atoms with E-state index >= 15 is 0 Å². The quantitative estimate of drug-likeness (QED) is 0.312. The zero-order valence-electron chi connectivity index (χ0n) is 18.9. The highest BCUT2D eigenvalue weighted by atomic mass is 16.1. The van der Waals surface area contributed by atoms with Crippen molar-refractivity contribution in [1.82, 2.24) is 30.1 Å². The molecule has 6 aromatic rings. The number of hydrogen-bond donors (Lipinski definition) is 3. The molecule has 0 aliphatic heterocycles. The van der Waals surface area contributed by atoms with Gasteiger partial charge in [-0.25, -0.2) is 4.98 Å². The summed E-state index contributed by atoms with van der Waals surface area (Å²) in [6.45, 7) is 1.82. The largest absolute Gasteiger partial charge is 0.335 e. The van der Waals surface area contributed by atoms with Crippen molar-refractivity contribution in [1.29, 1.82) is 0 Å². The number of anilines is 1. The molecule has 0 fully saturated rings. The van der Waals surface area contributed by atoms with Crippen molar-refractivity contribution in [2.24, 2.45) is 0 Å². The molecule has 4 aromatic heterocycles. The smallest absolute Gasteiger partial charge is 0.224 e. The van der Waals surface area contributed by atoms with Gasteiger partial charge in [0.25, 0.3) is 0 Å². The van der Waals surface area contributed by atoms with Crippen LogP contribution in [0.25, 0.3) is 55.7 Å². The summed E-state index contributed by atoms with van der Waals surface area (Å²) >= 11 is 0. The molecule has 3 N–H and O–H groups in total. The number of nitrogens with zero attached hydrogens (tertiary/aromatic N) is 4. The Balaban J connectivity index is 1.43. The molecular formula is C27H21N7O. The van der Waals surface area contributed by atoms with E-state index in [0.29, 0.717) is 17.9 Å². The molecule has 1 amide bonds. The number of aromatic amines is 2. The Morgan fingerprint density at radius 1 is 0.886 bits per heavy atom. The number of imidazole rings is 1. The first kappa shape index (κ1) is 20.7. The third kappa shape index (κ3) is 3.80. The second-order valence-corrected chi connectivity index (χ2v) is 8.23. The molecule has 0 saturated carbocycles. The summed E-state index contributed by atoms with van der Waals surface area (Å²) in [6.07, 6.45) is 7.45. The van der Waals surface area contributed by atoms with Gasteiger partial charge < -0.3 is 10.3 Å². The number of benzene rings is 2. The summed E-state index contributed by atoms with van der Waals surface area (Å²) in [4.78, 5) is 28.8. The van der Waals surface area contributed by atoms with Gasteiger partial charge in [0.15, 0.2) is 5.82 Å². The minimum Gasteiger partial charge on any atom is -0.335 e. The van der Waals surface area contributed by atoms with Crippen LogP contribution >= 0.6 is 0 Å². The summed E-state index contributed by atoms with van der Waals surface area (Å²) in [5, 5.41) is 11.5. The van der Waals surface area contributed by atoms with Gasteiger partial charge >= 0.3 is 0 Å². The molecule has 4 heterocycles. The number of amides is 1. The summed E-state index contributed by atoms with van der Waals surface area (Å²) in [5.41, 5.74) is 7.85. The Morgan fingerprint density at radius 2 is 1.74 bits per heavy atom. The number of aromatic nitrogens is 6. The lowest BCUT2D eigenvalue weighted by Gasteiger charge is -2.06. The summed E-state index contributed by atoms with van der Waals surface area (Å²) < 4.78 is 0. The number of carbonyl (C=O) groups is 1. The lowest BCUT2D eigenvalue weighted by molar-refractivity contribution is -0.115. The van der Waals surface area contributed by atoms with E-state index < -0.39 is 0 Å². The molecule has 0 aliphatic carbocycles. The fourth-order valence-electron chi connectivity index (χ4n) is 4.16. The Hall–Kier alpha value is -4.85. The van der Waals surface area contributed by atoms with Crippen molar-refractivity contribution in [3.8, 4) is 33.8 Å². The first-order valence-corrected chi connectivity index (χ1v) is 11.3. The molecule has 8 nitrogen and oxygen atoms in total. The fourth-order valence-corrected chi connectivity index (χ4v) is 4.16. The average molecular weight is 460 g/mol. The highest BCUT2D eigenvalue weighted by Crippen LogP contribution is 2.33. The Kier molecular flexibility index (Phi) is 5.03. The van der Waals surface area contributed by atoms with Gasteiger partial charge in [-0.15, -0.1) is 0 Å². The number of nitrogens with one attached hydrogen (secondary N) is 3. The molecule has 0 unspecified atom stereocenters. The van der Waals surface area contributed by atoms with Crippen molar-refractivity contribution in [2.45, 2.75) is 13.3 Å². The van der Waals surface area contributed by atoms with Gasteiger partial charge in [0.2, 0.25) is 5.91 Å². The van der Waals surface area contributed by atoms with Crippen LogP contribution in [-0.2, 0) is 4.79 Å². The lowest BCUT2D eigenvalue weighted by Crippen LogP contribution is -2.09. The van der Waals surface area contributed by atoms with Crippen LogP contribution in [0.5, 0.6) is 0 Å². The highest BCUT2D eigenvalue weighted by molar-refractivity contribution is 5.98. The molecule has 0 radical (unpaired) electrons. The van der Waals surface area contributed by atoms with E-state index in [9.17, 15) is 4.79 Å². The normalized spacial score (nSPS) is 11.2. The van der Waals surface area contributed by atoms with Crippen LogP contribution in [0.1, 0.15) is 13.3 Å². The molecule has 0 spiro atoms. The monoisotopic (exact) mass is 459 g/mol. The maximum absolute atomic E-state index is 11.8. The number of pyridine rings is 2. The van der Waals surface area contributed by atoms with Crippen molar-refractivity contribution in [3.63, 3.8) is 0 Å². The fraction of sp³-hybridized carbons (Fsp3) is 0.0741. The second kappa shape index (κ2) is 8.49. The van der Waals surface area contributed by atoms with Gasteiger partial charge in [-0.1, -0.05) is 43.3 Å². The number of rotatable bonds is 5. The minimum absolute atomic E-state index is 0.0502. The molecule has 0 bridgehead atoms. The van der Waals surface area contributed by atoms with E-state index in [1.807, 2.05) is 61.7 Å². The number of carbonyl (C=O) groups excluding carboxylic acids is 1. The Labute approximate surface area is 200 Å². The van der Waals surface area contributed by atoms with E-state index in [4.69, 9.17) is 4.98 Å². The molecule has 6 rings (SSSR count). The van der Waals surface area contributed by atoms with Crippen LogP contribution in [0.3, 0.4) is 0 Å². The van der Waals surface area contributed by atoms with Gasteiger partial charge in [-0.2, -0.15) is 5.10 Å². The van der Waals surface area contributed by atoms with Crippen LogP contribution in [0.2, 0.25) is 0 Å². The van der Waals surface area contributed by atoms with E-state index in [2.05, 4.69) is 36.5 Å². The predicted octanol–water partition coefficient (Wildman–Crippen LogP) is 5.58. The van der Waals surface area contributed by atoms with Crippen LogP contribution < -0.4 is 5.32 Å². The molecule has 35 heavy (non-hydrogen) atoms. The predicted molar refractivity (Wildman–Crippen MR) is 137 cm³/mol. The van der Waals surface area contributed by atoms with Crippen LogP contribution in [0, 0.1) is 0 Å². The standard InChI is InChI=1S/C27H21N7O/c1-2-24(35)30-19-10-18(12-28-13-19)17-8-9-22-20(11-17)26(34-33-22)27-31-23-15-29-14-21(25(23)32-27)16-6-4-3-5-7-16/h3-15H,2H2,1H3,(H,30,35)(H,31,32)(H,33,34). The zero-order chi connectivity index (χ0) is 23.8. The van der Waals surface area contributed by atoms with Gasteiger partial charge in [-0.3, -0.25) is 19.9 Å². The zero-order valence-corrected chi connectivity index (χ0v) is 18.9. The van der Waals surface area contributed by atoms with Gasteiger partial charge in [0.05, 0.1) is 34.6 Å². The summed E-state index contributed by atoms with van der Waals surface area (Å²) in [7, 11) is 0. The van der Waals surface area contributed by atoms with E-state index in [1.165, 1.54) is 0 Å². The average Bonchev–Trinajstić information content (AvgIpc) is 3.53. The third-order valence-electron chi connectivity index (χ3n) is 5.94. The van der Waals surface area contributed by atoms with E-state index in [0.717, 1.165) is 49.9 Å². The molecule has 0 atom stereocenters. The molecule has 8 heteroatoms. The maximum Gasteiger partial charge on any atom is 0.224 e. The third-order valence-corrected chi connectivity index (χ3v) is 5.94. The molecule has 2 aromatic carbocycles. The highest BCUT2D eigenvalue weighted by Gasteiger charge is 2.16. The molecule has 0 saturated heterocycles. The van der Waals surface area contributed by atoms with Crippen molar-refractivity contribution >= 4 is 33.5 Å². The van der Waals surface area contributed by atoms with Crippen LogP contribution in [0.15, 0.2) is 79.4 Å². The number of H-pyrrole nitrogens is 2. The van der Waals surface area contributed by atoms with E-state index in [-0.39, 0.29) is 5.91 Å². The first-order valence-electron chi connectivity index (χ1n) is 11.3. The molecular weight excluding hydrogens is 438 g/mol. The van der Waals surface area contributed by atoms with Crippen molar-refractivity contribution in [2.75, 3.05) is 5.32 Å². The van der Waals surface area contributed by atoms with Crippen molar-refractivity contribution < 1.29 is 4.79 Å².